The molecule has 0 bridgehead atoms. The predicted molar refractivity (Wildman–Crippen MR) is 78.5 cm³/mol. The zero-order valence-corrected chi connectivity index (χ0v) is 12.1. The van der Waals surface area contributed by atoms with Crippen molar-refractivity contribution < 1.29 is 9.66 Å². The largest absolute Gasteiger partial charge is 0.438 e. The molecule has 0 atom stereocenters. The van der Waals surface area contributed by atoms with Crippen LogP contribution in [0, 0.1) is 24.0 Å². The molecule has 7 heteroatoms. The van der Waals surface area contributed by atoms with Crippen LogP contribution in [-0.4, -0.2) is 14.9 Å². The second kappa shape index (κ2) is 5.74. The summed E-state index contributed by atoms with van der Waals surface area (Å²) in [7, 11) is 0. The average Bonchev–Trinajstić information content (AvgIpc) is 2.45. The van der Waals surface area contributed by atoms with E-state index in [0.29, 0.717) is 40.8 Å². The second-order valence-corrected chi connectivity index (χ2v) is 4.62. The van der Waals surface area contributed by atoms with Crippen LogP contribution in [0.1, 0.15) is 23.9 Å². The van der Waals surface area contributed by atoms with Crippen molar-refractivity contribution in [3.8, 4) is 11.6 Å². The van der Waals surface area contributed by atoms with E-state index in [1.165, 1.54) is 12.1 Å². The van der Waals surface area contributed by atoms with E-state index >= 15 is 0 Å². The Kier molecular flexibility index (Phi) is 4.02. The number of nitro benzene ring substituents is 1. The fourth-order valence-electron chi connectivity index (χ4n) is 1.78. The highest BCUT2D eigenvalue weighted by molar-refractivity contribution is 5.48. The number of nitro groups is 1. The maximum Gasteiger partial charge on any atom is 0.269 e. The van der Waals surface area contributed by atoms with E-state index in [1.807, 2.05) is 6.92 Å². The summed E-state index contributed by atoms with van der Waals surface area (Å²) in [6.07, 6.45) is 0.639. The van der Waals surface area contributed by atoms with Crippen molar-refractivity contribution in [2.45, 2.75) is 27.2 Å². The van der Waals surface area contributed by atoms with Gasteiger partial charge in [-0.15, -0.1) is 0 Å². The van der Waals surface area contributed by atoms with E-state index in [-0.39, 0.29) is 5.69 Å². The highest BCUT2D eigenvalue weighted by atomic mass is 16.6. The molecule has 0 unspecified atom stereocenters. The first-order valence-electron chi connectivity index (χ1n) is 6.48. The smallest absolute Gasteiger partial charge is 0.269 e. The van der Waals surface area contributed by atoms with Crippen LogP contribution in [0.2, 0.25) is 0 Å². The summed E-state index contributed by atoms with van der Waals surface area (Å²) in [6, 6.07) is 4.40. The summed E-state index contributed by atoms with van der Waals surface area (Å²) >= 11 is 0. The van der Waals surface area contributed by atoms with Gasteiger partial charge in [-0.05, 0) is 25.5 Å². The van der Waals surface area contributed by atoms with Gasteiger partial charge in [0.25, 0.3) is 5.69 Å². The van der Waals surface area contributed by atoms with Crippen LogP contribution in [0.3, 0.4) is 0 Å². The zero-order chi connectivity index (χ0) is 15.6. The molecule has 2 rings (SSSR count). The number of benzene rings is 1. The molecule has 0 saturated carbocycles. The van der Waals surface area contributed by atoms with Crippen LogP contribution < -0.4 is 10.5 Å². The minimum Gasteiger partial charge on any atom is -0.438 e. The number of nitrogens with zero attached hydrogens (tertiary/aromatic N) is 3. The van der Waals surface area contributed by atoms with E-state index in [9.17, 15) is 10.1 Å². The van der Waals surface area contributed by atoms with E-state index in [2.05, 4.69) is 9.97 Å². The molecule has 0 aliphatic rings. The number of anilines is 1. The van der Waals surface area contributed by atoms with Crippen LogP contribution in [-0.2, 0) is 6.42 Å². The van der Waals surface area contributed by atoms with Crippen molar-refractivity contribution in [2.75, 3.05) is 5.73 Å². The van der Waals surface area contributed by atoms with Crippen molar-refractivity contribution in [3.05, 3.63) is 45.3 Å². The minimum absolute atomic E-state index is 0.0213. The molecule has 1 aromatic heterocycles. The van der Waals surface area contributed by atoms with E-state index in [0.717, 1.165) is 0 Å². The molecule has 2 aromatic rings. The van der Waals surface area contributed by atoms with E-state index in [4.69, 9.17) is 10.5 Å². The Morgan fingerprint density at radius 3 is 2.62 bits per heavy atom. The van der Waals surface area contributed by atoms with Crippen LogP contribution in [0.25, 0.3) is 0 Å². The molecule has 0 radical (unpaired) electrons. The molecule has 0 aliphatic carbocycles. The number of hydrogen-bond donors (Lipinski definition) is 1. The summed E-state index contributed by atoms with van der Waals surface area (Å²) < 4.78 is 5.74. The lowest BCUT2D eigenvalue weighted by Gasteiger charge is -2.12. The van der Waals surface area contributed by atoms with Crippen molar-refractivity contribution in [1.29, 1.82) is 0 Å². The summed E-state index contributed by atoms with van der Waals surface area (Å²) in [6.45, 7) is 5.43. The third kappa shape index (κ3) is 3.07. The van der Waals surface area contributed by atoms with Crippen LogP contribution in [0.5, 0.6) is 11.6 Å². The number of aryl methyl sites for hydroxylation is 2. The Morgan fingerprint density at radius 2 is 2.05 bits per heavy atom. The molecule has 21 heavy (non-hydrogen) atoms. The van der Waals surface area contributed by atoms with Gasteiger partial charge < -0.3 is 10.5 Å². The molecular weight excluding hydrogens is 272 g/mol. The second-order valence-electron chi connectivity index (χ2n) is 4.62. The van der Waals surface area contributed by atoms with E-state index in [1.54, 1.807) is 19.9 Å². The number of nitrogen functional groups attached to an aromatic ring is 1. The standard InChI is InChI=1S/C14H16N4O3/c1-4-12-16-13(15)9(3)14(17-12)21-11-6-5-10(18(19)20)7-8(11)2/h5-7H,4H2,1-3H3,(H2,15,16,17). The Labute approximate surface area is 121 Å². The lowest BCUT2D eigenvalue weighted by molar-refractivity contribution is -0.384. The quantitative estimate of drug-likeness (QED) is 0.685. The van der Waals surface area contributed by atoms with Gasteiger partial charge in [-0.3, -0.25) is 10.1 Å². The zero-order valence-electron chi connectivity index (χ0n) is 12.1. The van der Waals surface area contributed by atoms with Gasteiger partial charge in [0.05, 0.1) is 10.5 Å². The van der Waals surface area contributed by atoms with Gasteiger partial charge in [0.15, 0.2) is 0 Å². The fourth-order valence-corrected chi connectivity index (χ4v) is 1.78. The van der Waals surface area contributed by atoms with Gasteiger partial charge in [-0.1, -0.05) is 6.92 Å². The molecule has 110 valence electrons. The van der Waals surface area contributed by atoms with Crippen molar-refractivity contribution >= 4 is 11.5 Å². The monoisotopic (exact) mass is 288 g/mol. The lowest BCUT2D eigenvalue weighted by atomic mass is 10.2. The molecule has 0 amide bonds. The first-order valence-corrected chi connectivity index (χ1v) is 6.48. The third-order valence-corrected chi connectivity index (χ3v) is 3.08. The molecule has 0 spiro atoms. The maximum atomic E-state index is 10.7. The molecule has 0 saturated heterocycles. The number of nitrogens with two attached hydrogens (primary N) is 1. The molecule has 2 N–H and O–H groups in total. The van der Waals surface area contributed by atoms with Crippen LogP contribution in [0.15, 0.2) is 18.2 Å². The van der Waals surface area contributed by atoms with Crippen LogP contribution >= 0.6 is 0 Å². The van der Waals surface area contributed by atoms with Gasteiger partial charge in [0, 0.05) is 18.6 Å². The fraction of sp³-hybridized carbons (Fsp3) is 0.286. The van der Waals surface area contributed by atoms with Crippen molar-refractivity contribution in [3.63, 3.8) is 0 Å². The van der Waals surface area contributed by atoms with Crippen LogP contribution in [0.4, 0.5) is 11.5 Å². The number of hydrogen-bond acceptors (Lipinski definition) is 6. The topological polar surface area (TPSA) is 104 Å². The number of non-ortho nitro benzene ring substituents is 1. The number of aromatic nitrogens is 2. The average molecular weight is 288 g/mol. The molecule has 0 aliphatic heterocycles. The number of ether oxygens (including phenoxy) is 1. The summed E-state index contributed by atoms with van der Waals surface area (Å²) in [4.78, 5) is 18.7. The highest BCUT2D eigenvalue weighted by Crippen LogP contribution is 2.30. The van der Waals surface area contributed by atoms with Gasteiger partial charge >= 0.3 is 0 Å². The van der Waals surface area contributed by atoms with Gasteiger partial charge in [-0.2, -0.15) is 4.98 Å². The SMILES string of the molecule is CCc1nc(N)c(C)c(Oc2ccc([N+](=O)[O-])cc2C)n1. The van der Waals surface area contributed by atoms with Crippen molar-refractivity contribution in [1.82, 2.24) is 9.97 Å². The summed E-state index contributed by atoms with van der Waals surface area (Å²) in [5.74, 6) is 1.84. The third-order valence-electron chi connectivity index (χ3n) is 3.08. The Bertz CT molecular complexity index is 701. The first-order chi connectivity index (χ1) is 9.92. The molecule has 1 aromatic carbocycles. The summed E-state index contributed by atoms with van der Waals surface area (Å²) in [5.41, 5.74) is 7.15. The minimum atomic E-state index is -0.445. The predicted octanol–water partition coefficient (Wildman–Crippen LogP) is 2.94. The molecular formula is C14H16N4O3. The Balaban J connectivity index is 2.38. The normalized spacial score (nSPS) is 10.4. The molecule has 1 heterocycles. The van der Waals surface area contributed by atoms with Crippen molar-refractivity contribution in [2.24, 2.45) is 0 Å². The molecule has 7 nitrogen and oxygen atoms in total. The number of rotatable bonds is 4. The Morgan fingerprint density at radius 1 is 1.33 bits per heavy atom. The van der Waals surface area contributed by atoms with Gasteiger partial charge in [0.1, 0.15) is 17.4 Å². The molecule has 0 fully saturated rings. The highest BCUT2D eigenvalue weighted by Gasteiger charge is 2.13. The lowest BCUT2D eigenvalue weighted by Crippen LogP contribution is -2.04. The van der Waals surface area contributed by atoms with Gasteiger partial charge in [-0.25, -0.2) is 4.98 Å². The summed E-state index contributed by atoms with van der Waals surface area (Å²) in [5, 5.41) is 10.7. The maximum absolute atomic E-state index is 10.7. The Hall–Kier alpha value is -2.70. The van der Waals surface area contributed by atoms with E-state index < -0.39 is 4.92 Å². The first kappa shape index (κ1) is 14.7. The van der Waals surface area contributed by atoms with Gasteiger partial charge in [0.2, 0.25) is 5.88 Å².